The van der Waals surface area contributed by atoms with E-state index in [1.54, 1.807) is 12.1 Å². The van der Waals surface area contributed by atoms with Gasteiger partial charge >= 0.3 is 5.97 Å². The van der Waals surface area contributed by atoms with Crippen LogP contribution in [-0.4, -0.2) is 33.5 Å². The molecule has 0 aliphatic carbocycles. The average Bonchev–Trinajstić information content (AvgIpc) is 2.73. The van der Waals surface area contributed by atoms with E-state index < -0.39 is 12.5 Å². The van der Waals surface area contributed by atoms with Gasteiger partial charge in [-0.3, -0.25) is 14.6 Å². The molecule has 1 heterocycles. The van der Waals surface area contributed by atoms with Gasteiger partial charge in [-0.25, -0.2) is 4.98 Å². The minimum absolute atomic E-state index is 0.0566. The van der Waals surface area contributed by atoms with Gasteiger partial charge in [0, 0.05) is 22.7 Å². The van der Waals surface area contributed by atoms with Crippen LogP contribution in [0.4, 0.5) is 0 Å². The van der Waals surface area contributed by atoms with E-state index in [0.717, 1.165) is 39.5 Å². The summed E-state index contributed by atoms with van der Waals surface area (Å²) in [6.07, 6.45) is 0.0566. The van der Waals surface area contributed by atoms with E-state index in [1.165, 1.54) is 0 Å². The summed E-state index contributed by atoms with van der Waals surface area (Å²) in [5.41, 5.74) is 12.4. The molecule has 2 aromatic carbocycles. The van der Waals surface area contributed by atoms with Crippen molar-refractivity contribution in [3.8, 4) is 22.4 Å². The fourth-order valence-corrected chi connectivity index (χ4v) is 3.58. The van der Waals surface area contributed by atoms with Crippen LogP contribution in [0.3, 0.4) is 0 Å². The number of halogens is 1. The minimum atomic E-state index is -1.09. The Bertz CT molecular complexity index is 1130. The molecule has 3 aromatic rings. The lowest BCUT2D eigenvalue weighted by Gasteiger charge is -2.11. The minimum Gasteiger partial charge on any atom is -0.480 e. The maximum atomic E-state index is 11.8. The van der Waals surface area contributed by atoms with Crippen molar-refractivity contribution in [2.75, 3.05) is 6.54 Å². The van der Waals surface area contributed by atoms with E-state index in [9.17, 15) is 9.59 Å². The summed E-state index contributed by atoms with van der Waals surface area (Å²) in [7, 11) is 0. The number of carbonyl (C=O) groups excluding carboxylic acids is 1. The van der Waals surface area contributed by atoms with Crippen LogP contribution in [0.15, 0.2) is 42.5 Å². The number of nitrogens with one attached hydrogen (secondary N) is 1. The van der Waals surface area contributed by atoms with Crippen LogP contribution in [0.5, 0.6) is 0 Å². The van der Waals surface area contributed by atoms with Crippen LogP contribution in [0.1, 0.15) is 22.6 Å². The van der Waals surface area contributed by atoms with Gasteiger partial charge in [0.05, 0.1) is 29.2 Å². The Morgan fingerprint density at radius 3 is 2.32 bits per heavy atom. The molecule has 7 nitrogen and oxygen atoms in total. The van der Waals surface area contributed by atoms with Crippen molar-refractivity contribution in [3.05, 3.63) is 70.1 Å². The molecule has 0 radical (unpaired) electrons. The molecule has 8 heteroatoms. The van der Waals surface area contributed by atoms with Crippen LogP contribution in [0, 0.1) is 13.8 Å². The third-order valence-corrected chi connectivity index (χ3v) is 5.15. The molecule has 0 bridgehead atoms. The van der Waals surface area contributed by atoms with Gasteiger partial charge in [0.15, 0.2) is 0 Å². The highest BCUT2D eigenvalue weighted by atomic mass is 35.5. The SMILES string of the molecule is Cc1nc(C)c(-c2ccc(-c3ccc(CC(=O)NCC(=O)O)cc3Cl)cc2)nc1CN. The smallest absolute Gasteiger partial charge is 0.322 e. The third-order valence-electron chi connectivity index (χ3n) is 4.84. The van der Waals surface area contributed by atoms with Crippen LogP contribution in [-0.2, 0) is 22.6 Å². The molecule has 1 aromatic heterocycles. The quantitative estimate of drug-likeness (QED) is 0.521. The van der Waals surface area contributed by atoms with E-state index in [0.29, 0.717) is 17.1 Å². The number of carboxylic acid groups (broad SMARTS) is 1. The fourth-order valence-electron chi connectivity index (χ4n) is 3.27. The monoisotopic (exact) mass is 438 g/mol. The molecule has 31 heavy (non-hydrogen) atoms. The standard InChI is InChI=1S/C23H23ClN4O3/c1-13-20(11-25)28-23(14(2)27-13)17-6-4-16(5-7-17)18-8-3-15(9-19(18)24)10-21(29)26-12-22(30)31/h3-9H,10-12,25H2,1-2H3,(H,26,29)(H,30,31). The normalized spacial score (nSPS) is 10.7. The Morgan fingerprint density at radius 1 is 1.03 bits per heavy atom. The molecule has 160 valence electrons. The van der Waals surface area contributed by atoms with Crippen LogP contribution >= 0.6 is 11.6 Å². The number of carboxylic acids is 1. The summed E-state index contributed by atoms with van der Waals surface area (Å²) in [6, 6.07) is 13.2. The number of hydrogen-bond acceptors (Lipinski definition) is 5. The van der Waals surface area contributed by atoms with Crippen molar-refractivity contribution < 1.29 is 14.7 Å². The zero-order chi connectivity index (χ0) is 22.5. The zero-order valence-corrected chi connectivity index (χ0v) is 18.0. The second-order valence-corrected chi connectivity index (χ2v) is 7.54. The topological polar surface area (TPSA) is 118 Å². The number of hydrogen-bond donors (Lipinski definition) is 3. The Kier molecular flexibility index (Phi) is 6.99. The first-order chi connectivity index (χ1) is 14.8. The van der Waals surface area contributed by atoms with Gasteiger partial charge < -0.3 is 16.2 Å². The van der Waals surface area contributed by atoms with Gasteiger partial charge in [-0.2, -0.15) is 0 Å². The van der Waals surface area contributed by atoms with Crippen molar-refractivity contribution in [3.63, 3.8) is 0 Å². The molecule has 0 atom stereocenters. The van der Waals surface area contributed by atoms with E-state index in [2.05, 4.69) is 15.3 Å². The largest absolute Gasteiger partial charge is 0.480 e. The summed E-state index contributed by atoms with van der Waals surface area (Å²) in [4.78, 5) is 31.6. The van der Waals surface area contributed by atoms with Crippen molar-refractivity contribution in [1.82, 2.24) is 15.3 Å². The van der Waals surface area contributed by atoms with Crippen LogP contribution in [0.25, 0.3) is 22.4 Å². The lowest BCUT2D eigenvalue weighted by molar-refractivity contribution is -0.137. The number of rotatable bonds is 7. The Labute approximate surface area is 185 Å². The first-order valence-electron chi connectivity index (χ1n) is 9.70. The molecule has 0 aliphatic rings. The third kappa shape index (κ3) is 5.45. The van der Waals surface area contributed by atoms with E-state index >= 15 is 0 Å². The summed E-state index contributed by atoms with van der Waals surface area (Å²) in [5, 5.41) is 11.5. The Balaban J connectivity index is 1.80. The summed E-state index contributed by atoms with van der Waals surface area (Å²) in [5.74, 6) is -1.46. The van der Waals surface area contributed by atoms with Crippen molar-refractivity contribution in [2.24, 2.45) is 5.73 Å². The first kappa shape index (κ1) is 22.4. The van der Waals surface area contributed by atoms with Crippen LogP contribution in [0.2, 0.25) is 5.02 Å². The maximum absolute atomic E-state index is 11.8. The molecule has 0 saturated heterocycles. The molecular formula is C23H23ClN4O3. The molecule has 0 fully saturated rings. The second-order valence-electron chi connectivity index (χ2n) is 7.13. The number of carbonyl (C=O) groups is 2. The van der Waals surface area contributed by atoms with Gasteiger partial charge in [0.2, 0.25) is 5.91 Å². The number of benzene rings is 2. The van der Waals surface area contributed by atoms with E-state index in [-0.39, 0.29) is 12.3 Å². The molecule has 0 saturated carbocycles. The summed E-state index contributed by atoms with van der Waals surface area (Å²) >= 11 is 6.45. The number of amides is 1. The highest BCUT2D eigenvalue weighted by Crippen LogP contribution is 2.31. The lowest BCUT2D eigenvalue weighted by atomic mass is 10.00. The molecule has 4 N–H and O–H groups in total. The molecule has 3 rings (SSSR count). The predicted octanol–water partition coefficient (Wildman–Crippen LogP) is 3.28. The maximum Gasteiger partial charge on any atom is 0.322 e. The van der Waals surface area contributed by atoms with E-state index in [4.69, 9.17) is 22.4 Å². The van der Waals surface area contributed by atoms with Gasteiger partial charge in [-0.1, -0.05) is 48.0 Å². The number of aryl methyl sites for hydroxylation is 2. The molecule has 1 amide bonds. The summed E-state index contributed by atoms with van der Waals surface area (Å²) in [6.45, 7) is 3.75. The number of nitrogens with zero attached hydrogens (tertiary/aromatic N) is 2. The van der Waals surface area contributed by atoms with E-state index in [1.807, 2.05) is 44.2 Å². The van der Waals surface area contributed by atoms with Gasteiger partial charge in [-0.15, -0.1) is 0 Å². The predicted molar refractivity (Wildman–Crippen MR) is 120 cm³/mol. The number of aliphatic carboxylic acids is 1. The molecule has 0 spiro atoms. The number of nitrogens with two attached hydrogens (primary N) is 1. The highest BCUT2D eigenvalue weighted by molar-refractivity contribution is 6.33. The van der Waals surface area contributed by atoms with Crippen molar-refractivity contribution in [1.29, 1.82) is 0 Å². The zero-order valence-electron chi connectivity index (χ0n) is 17.3. The lowest BCUT2D eigenvalue weighted by Crippen LogP contribution is -2.30. The van der Waals surface area contributed by atoms with Gasteiger partial charge in [0.1, 0.15) is 6.54 Å². The Hall–Kier alpha value is -3.29. The second kappa shape index (κ2) is 9.68. The fraction of sp³-hybridized carbons (Fsp3) is 0.217. The molecular weight excluding hydrogens is 416 g/mol. The molecule has 0 aliphatic heterocycles. The Morgan fingerprint density at radius 2 is 1.71 bits per heavy atom. The van der Waals surface area contributed by atoms with Gasteiger partial charge in [0.25, 0.3) is 0 Å². The molecule has 0 unspecified atom stereocenters. The van der Waals surface area contributed by atoms with Crippen LogP contribution < -0.4 is 11.1 Å². The highest BCUT2D eigenvalue weighted by Gasteiger charge is 2.12. The summed E-state index contributed by atoms with van der Waals surface area (Å²) < 4.78 is 0. The van der Waals surface area contributed by atoms with Crippen molar-refractivity contribution in [2.45, 2.75) is 26.8 Å². The van der Waals surface area contributed by atoms with Gasteiger partial charge in [-0.05, 0) is 31.0 Å². The number of aromatic nitrogens is 2. The average molecular weight is 439 g/mol. The first-order valence-corrected chi connectivity index (χ1v) is 10.1. The van der Waals surface area contributed by atoms with Crippen molar-refractivity contribution >= 4 is 23.5 Å².